The second kappa shape index (κ2) is 9.94. The van der Waals surface area contributed by atoms with Gasteiger partial charge in [-0.05, 0) is 38.5 Å². The molecule has 2 rings (SSSR count). The van der Waals surface area contributed by atoms with Crippen molar-refractivity contribution >= 4 is 5.91 Å². The van der Waals surface area contributed by atoms with Crippen LogP contribution in [0.15, 0.2) is 10.5 Å². The number of likely N-dealkylation sites (tertiary alicyclic amines) is 1. The summed E-state index contributed by atoms with van der Waals surface area (Å²) < 4.78 is 5.78. The van der Waals surface area contributed by atoms with E-state index in [9.17, 15) is 9.90 Å². The van der Waals surface area contributed by atoms with Crippen LogP contribution in [0.5, 0.6) is 0 Å². The van der Waals surface area contributed by atoms with Gasteiger partial charge in [-0.15, -0.1) is 0 Å². The van der Waals surface area contributed by atoms with Crippen LogP contribution in [0.4, 0.5) is 0 Å². The number of aliphatic hydroxyl groups is 1. The normalized spacial score (nSPS) is 18.7. The first kappa shape index (κ1) is 19.9. The minimum atomic E-state index is -0.232. The van der Waals surface area contributed by atoms with Gasteiger partial charge >= 0.3 is 0 Å². The summed E-state index contributed by atoms with van der Waals surface area (Å²) in [5.41, 5.74) is 1.11. The van der Waals surface area contributed by atoms with Crippen molar-refractivity contribution in [3.8, 4) is 0 Å². The van der Waals surface area contributed by atoms with E-state index in [-0.39, 0.29) is 12.0 Å². The SMILES string of the molecule is CCc1oc(C(=O)NCCN2CCC[C@H](O)C2)cc1CN(CC)CC. The first-order chi connectivity index (χ1) is 12.1. The van der Waals surface area contributed by atoms with Gasteiger partial charge in [-0.3, -0.25) is 14.6 Å². The number of amides is 1. The Hall–Kier alpha value is -1.37. The number of nitrogens with one attached hydrogen (secondary N) is 1. The molecule has 25 heavy (non-hydrogen) atoms. The number of furan rings is 1. The Labute approximate surface area is 151 Å². The minimum absolute atomic E-state index is 0.155. The standard InChI is InChI=1S/C19H33N3O3/c1-4-17-15(13-21(5-2)6-3)12-18(25-17)19(24)20-9-11-22-10-7-8-16(23)14-22/h12,16,23H,4-11,13-14H2,1-3H3,(H,20,24)/t16-/m0/s1. The Morgan fingerprint density at radius 3 is 2.80 bits per heavy atom. The highest BCUT2D eigenvalue weighted by atomic mass is 16.4. The van der Waals surface area contributed by atoms with E-state index < -0.39 is 0 Å². The summed E-state index contributed by atoms with van der Waals surface area (Å²) in [5, 5.41) is 12.6. The Balaban J connectivity index is 1.87. The topological polar surface area (TPSA) is 69.0 Å². The fourth-order valence-corrected chi connectivity index (χ4v) is 3.35. The van der Waals surface area contributed by atoms with E-state index in [1.165, 1.54) is 0 Å². The van der Waals surface area contributed by atoms with Crippen molar-refractivity contribution in [1.82, 2.24) is 15.1 Å². The summed E-state index contributed by atoms with van der Waals surface area (Å²) >= 11 is 0. The number of hydrogen-bond donors (Lipinski definition) is 2. The minimum Gasteiger partial charge on any atom is -0.456 e. The van der Waals surface area contributed by atoms with Gasteiger partial charge in [-0.2, -0.15) is 0 Å². The third-order valence-corrected chi connectivity index (χ3v) is 4.92. The maximum absolute atomic E-state index is 12.4. The zero-order valence-corrected chi connectivity index (χ0v) is 15.9. The van der Waals surface area contributed by atoms with E-state index in [1.54, 1.807) is 0 Å². The maximum atomic E-state index is 12.4. The molecule has 0 aromatic carbocycles. The van der Waals surface area contributed by atoms with Gasteiger partial charge in [0, 0.05) is 38.2 Å². The van der Waals surface area contributed by atoms with Gasteiger partial charge < -0.3 is 14.8 Å². The molecule has 1 saturated heterocycles. The summed E-state index contributed by atoms with van der Waals surface area (Å²) in [5.74, 6) is 1.15. The van der Waals surface area contributed by atoms with Crippen LogP contribution >= 0.6 is 0 Å². The van der Waals surface area contributed by atoms with Crippen LogP contribution in [0.2, 0.25) is 0 Å². The lowest BCUT2D eigenvalue weighted by Crippen LogP contribution is -2.42. The maximum Gasteiger partial charge on any atom is 0.287 e. The van der Waals surface area contributed by atoms with Gasteiger partial charge in [0.15, 0.2) is 5.76 Å². The van der Waals surface area contributed by atoms with E-state index >= 15 is 0 Å². The van der Waals surface area contributed by atoms with Crippen LogP contribution in [0.1, 0.15) is 55.5 Å². The molecule has 1 aliphatic rings. The van der Waals surface area contributed by atoms with E-state index in [2.05, 4.69) is 29.0 Å². The van der Waals surface area contributed by atoms with Crippen molar-refractivity contribution < 1.29 is 14.3 Å². The number of nitrogens with zero attached hydrogens (tertiary/aromatic N) is 2. The van der Waals surface area contributed by atoms with Gasteiger partial charge in [0.2, 0.25) is 0 Å². The van der Waals surface area contributed by atoms with E-state index in [0.29, 0.717) is 18.8 Å². The summed E-state index contributed by atoms with van der Waals surface area (Å²) in [6.07, 6.45) is 2.45. The fraction of sp³-hybridized carbons (Fsp3) is 0.737. The molecule has 1 atom stereocenters. The summed E-state index contributed by atoms with van der Waals surface area (Å²) in [6.45, 7) is 12.1. The van der Waals surface area contributed by atoms with E-state index in [4.69, 9.17) is 4.42 Å². The van der Waals surface area contributed by atoms with E-state index in [0.717, 1.165) is 63.3 Å². The smallest absolute Gasteiger partial charge is 0.287 e. The monoisotopic (exact) mass is 351 g/mol. The summed E-state index contributed by atoms with van der Waals surface area (Å²) in [7, 11) is 0. The highest BCUT2D eigenvalue weighted by Crippen LogP contribution is 2.18. The lowest BCUT2D eigenvalue weighted by atomic mass is 10.1. The molecule has 6 heteroatoms. The molecule has 0 bridgehead atoms. The molecule has 0 saturated carbocycles. The fourth-order valence-electron chi connectivity index (χ4n) is 3.35. The molecular formula is C19H33N3O3. The highest BCUT2D eigenvalue weighted by molar-refractivity contribution is 5.91. The largest absolute Gasteiger partial charge is 0.456 e. The number of aryl methyl sites for hydroxylation is 1. The molecule has 2 N–H and O–H groups in total. The lowest BCUT2D eigenvalue weighted by molar-refractivity contribution is 0.0700. The quantitative estimate of drug-likeness (QED) is 0.711. The van der Waals surface area contributed by atoms with Crippen LogP contribution in [0.25, 0.3) is 0 Å². The molecule has 0 radical (unpaired) electrons. The molecule has 1 fully saturated rings. The predicted octanol–water partition coefficient (Wildman–Crippen LogP) is 1.87. The third-order valence-electron chi connectivity index (χ3n) is 4.92. The van der Waals surface area contributed by atoms with Crippen LogP contribution in [-0.4, -0.2) is 66.2 Å². The van der Waals surface area contributed by atoms with Crippen molar-refractivity contribution in [2.24, 2.45) is 0 Å². The average molecular weight is 351 g/mol. The van der Waals surface area contributed by atoms with Crippen molar-refractivity contribution in [3.63, 3.8) is 0 Å². The molecule has 0 unspecified atom stereocenters. The number of hydrogen-bond acceptors (Lipinski definition) is 5. The van der Waals surface area contributed by atoms with Crippen LogP contribution in [-0.2, 0) is 13.0 Å². The zero-order chi connectivity index (χ0) is 18.2. The van der Waals surface area contributed by atoms with Crippen LogP contribution in [0, 0.1) is 0 Å². The highest BCUT2D eigenvalue weighted by Gasteiger charge is 2.19. The van der Waals surface area contributed by atoms with Crippen LogP contribution in [0.3, 0.4) is 0 Å². The van der Waals surface area contributed by atoms with Gasteiger partial charge in [-0.1, -0.05) is 20.8 Å². The predicted molar refractivity (Wildman–Crippen MR) is 98.7 cm³/mol. The Morgan fingerprint density at radius 1 is 1.40 bits per heavy atom. The third kappa shape index (κ3) is 5.83. The Kier molecular flexibility index (Phi) is 7.93. The Morgan fingerprint density at radius 2 is 2.16 bits per heavy atom. The molecule has 1 amide bonds. The van der Waals surface area contributed by atoms with Gasteiger partial charge in [-0.25, -0.2) is 0 Å². The van der Waals surface area contributed by atoms with Gasteiger partial charge in [0.25, 0.3) is 5.91 Å². The number of piperidine rings is 1. The molecule has 142 valence electrons. The summed E-state index contributed by atoms with van der Waals surface area (Å²) in [4.78, 5) is 16.9. The molecule has 0 spiro atoms. The van der Waals surface area contributed by atoms with Crippen LogP contribution < -0.4 is 5.32 Å². The number of β-amino-alcohol motifs (C(OH)–C–C–N with tert-alkyl or cyclic N) is 1. The van der Waals surface area contributed by atoms with Crippen molar-refractivity contribution in [2.45, 2.75) is 52.7 Å². The molecule has 2 heterocycles. The molecular weight excluding hydrogens is 318 g/mol. The van der Waals surface area contributed by atoms with E-state index in [1.807, 2.05) is 13.0 Å². The van der Waals surface area contributed by atoms with Crippen molar-refractivity contribution in [3.05, 3.63) is 23.2 Å². The average Bonchev–Trinajstić information content (AvgIpc) is 3.02. The zero-order valence-electron chi connectivity index (χ0n) is 15.9. The summed E-state index contributed by atoms with van der Waals surface area (Å²) in [6, 6.07) is 1.89. The second-order valence-corrected chi connectivity index (χ2v) is 6.73. The number of carbonyl (C=O) groups is 1. The molecule has 1 aromatic rings. The van der Waals surface area contributed by atoms with Gasteiger partial charge in [0.05, 0.1) is 6.10 Å². The molecule has 1 aliphatic heterocycles. The van der Waals surface area contributed by atoms with Gasteiger partial charge in [0.1, 0.15) is 5.76 Å². The first-order valence-electron chi connectivity index (χ1n) is 9.59. The number of rotatable bonds is 9. The number of aliphatic hydroxyl groups excluding tert-OH is 1. The lowest BCUT2D eigenvalue weighted by Gasteiger charge is -2.29. The molecule has 0 aliphatic carbocycles. The Bertz CT molecular complexity index is 540. The number of carbonyl (C=O) groups excluding carboxylic acids is 1. The molecule has 1 aromatic heterocycles. The second-order valence-electron chi connectivity index (χ2n) is 6.73. The van der Waals surface area contributed by atoms with Crippen molar-refractivity contribution in [1.29, 1.82) is 0 Å². The molecule has 6 nitrogen and oxygen atoms in total. The first-order valence-corrected chi connectivity index (χ1v) is 9.59. The van der Waals surface area contributed by atoms with Crippen molar-refractivity contribution in [2.75, 3.05) is 39.3 Å².